The number of nitrogens with two attached hydrogens (primary N) is 1. The maximum absolute atomic E-state index is 12.7. The lowest BCUT2D eigenvalue weighted by molar-refractivity contribution is 0.446. The zero-order valence-electron chi connectivity index (χ0n) is 6.07. The number of hydrazine groups is 1. The molecule has 0 aliphatic rings. The van der Waals surface area contributed by atoms with Crippen LogP contribution < -0.4 is 11.3 Å². The van der Waals surface area contributed by atoms with Crippen molar-refractivity contribution in [1.29, 1.82) is 0 Å². The molecule has 0 saturated carbocycles. The Kier molecular flexibility index (Phi) is 4.52. The molecule has 0 aliphatic carbocycles. The zero-order valence-corrected chi connectivity index (χ0v) is 8.48. The Morgan fingerprint density at radius 1 is 1.15 bits per heavy atom. The minimum absolute atomic E-state index is 0. The van der Waals surface area contributed by atoms with Crippen LogP contribution >= 0.6 is 28.3 Å². The van der Waals surface area contributed by atoms with Crippen molar-refractivity contribution in [3.8, 4) is 0 Å². The van der Waals surface area contributed by atoms with E-state index in [1.807, 2.05) is 5.43 Å². The van der Waals surface area contributed by atoms with Crippen molar-refractivity contribution in [2.24, 2.45) is 5.84 Å². The Bertz CT molecular complexity index is 321. The SMILES string of the molecule is Cl.NNc1cc(Br)c(F)c(F)c1F. The first kappa shape index (κ1) is 12.5. The van der Waals surface area contributed by atoms with Gasteiger partial charge in [-0.05, 0) is 22.0 Å². The van der Waals surface area contributed by atoms with Crippen LogP contribution in [0.25, 0.3) is 0 Å². The van der Waals surface area contributed by atoms with Crippen LogP contribution in [0.5, 0.6) is 0 Å². The van der Waals surface area contributed by atoms with Gasteiger partial charge in [0, 0.05) is 0 Å². The molecule has 0 atom stereocenters. The zero-order chi connectivity index (χ0) is 9.30. The van der Waals surface area contributed by atoms with E-state index in [2.05, 4.69) is 15.9 Å². The van der Waals surface area contributed by atoms with Crippen molar-refractivity contribution in [2.45, 2.75) is 0 Å². The van der Waals surface area contributed by atoms with Crippen molar-refractivity contribution < 1.29 is 13.2 Å². The van der Waals surface area contributed by atoms with Gasteiger partial charge in [0.05, 0.1) is 10.2 Å². The second kappa shape index (κ2) is 4.69. The van der Waals surface area contributed by atoms with E-state index in [-0.39, 0.29) is 22.6 Å². The van der Waals surface area contributed by atoms with E-state index in [0.29, 0.717) is 0 Å². The predicted molar refractivity (Wildman–Crippen MR) is 49.1 cm³/mol. The monoisotopic (exact) mass is 276 g/mol. The molecule has 7 heteroatoms. The first-order valence-electron chi connectivity index (χ1n) is 2.87. The van der Waals surface area contributed by atoms with E-state index in [9.17, 15) is 13.2 Å². The van der Waals surface area contributed by atoms with Gasteiger partial charge in [0.1, 0.15) is 0 Å². The number of hydrogen-bond acceptors (Lipinski definition) is 2. The summed E-state index contributed by atoms with van der Waals surface area (Å²) >= 11 is 2.69. The fourth-order valence-electron chi connectivity index (χ4n) is 0.678. The Balaban J connectivity index is 0.00000144. The molecule has 0 amide bonds. The van der Waals surface area contributed by atoms with Gasteiger partial charge in [-0.3, -0.25) is 5.84 Å². The van der Waals surface area contributed by atoms with E-state index in [0.717, 1.165) is 6.07 Å². The van der Waals surface area contributed by atoms with Crippen LogP contribution in [0.2, 0.25) is 0 Å². The molecule has 0 spiro atoms. The lowest BCUT2D eigenvalue weighted by atomic mass is 10.3. The van der Waals surface area contributed by atoms with Crippen LogP contribution in [0.4, 0.5) is 18.9 Å². The van der Waals surface area contributed by atoms with Gasteiger partial charge >= 0.3 is 0 Å². The van der Waals surface area contributed by atoms with Crippen molar-refractivity contribution in [2.75, 3.05) is 5.43 Å². The second-order valence-corrected chi connectivity index (χ2v) is 2.85. The molecule has 0 bridgehead atoms. The fourth-order valence-corrected chi connectivity index (χ4v) is 1.08. The third-order valence-electron chi connectivity index (χ3n) is 1.26. The summed E-state index contributed by atoms with van der Waals surface area (Å²) in [5.74, 6) is 0.674. The van der Waals surface area contributed by atoms with E-state index >= 15 is 0 Å². The standard InChI is InChI=1S/C6H4BrF3N2.ClH/c7-2-1-3(12-11)5(9)6(10)4(2)8;/h1,12H,11H2;1H. The normalized spacial score (nSPS) is 9.31. The smallest absolute Gasteiger partial charge is 0.197 e. The topological polar surface area (TPSA) is 38.0 Å². The highest BCUT2D eigenvalue weighted by Crippen LogP contribution is 2.26. The molecule has 0 saturated heterocycles. The lowest BCUT2D eigenvalue weighted by Gasteiger charge is -2.04. The highest BCUT2D eigenvalue weighted by atomic mass is 79.9. The Morgan fingerprint density at radius 2 is 1.69 bits per heavy atom. The summed E-state index contributed by atoms with van der Waals surface area (Å²) in [4.78, 5) is 0. The Hall–Kier alpha value is -0.460. The molecule has 0 heterocycles. The van der Waals surface area contributed by atoms with Gasteiger partial charge < -0.3 is 5.43 Å². The molecule has 1 aromatic rings. The third kappa shape index (κ3) is 2.26. The molecular formula is C6H5BrClF3N2. The van der Waals surface area contributed by atoms with Crippen LogP contribution in [0, 0.1) is 17.5 Å². The average Bonchev–Trinajstić information content (AvgIpc) is 2.08. The van der Waals surface area contributed by atoms with E-state index < -0.39 is 17.5 Å². The number of benzene rings is 1. The average molecular weight is 277 g/mol. The van der Waals surface area contributed by atoms with Gasteiger partial charge in [-0.15, -0.1) is 12.4 Å². The van der Waals surface area contributed by atoms with Gasteiger partial charge in [0.2, 0.25) is 0 Å². The molecule has 0 fully saturated rings. The van der Waals surface area contributed by atoms with Crippen LogP contribution in [-0.4, -0.2) is 0 Å². The third-order valence-corrected chi connectivity index (χ3v) is 1.84. The summed E-state index contributed by atoms with van der Waals surface area (Å²) in [6.07, 6.45) is 0. The second-order valence-electron chi connectivity index (χ2n) is 1.99. The van der Waals surface area contributed by atoms with Crippen LogP contribution in [0.15, 0.2) is 10.5 Å². The minimum Gasteiger partial charge on any atom is -0.321 e. The molecule has 1 aromatic carbocycles. The van der Waals surface area contributed by atoms with Gasteiger partial charge in [-0.25, -0.2) is 13.2 Å². The fraction of sp³-hybridized carbons (Fsp3) is 0. The van der Waals surface area contributed by atoms with Gasteiger partial charge in [-0.1, -0.05) is 0 Å². The number of halogens is 5. The molecule has 74 valence electrons. The summed E-state index contributed by atoms with van der Waals surface area (Å²) < 4.78 is 37.6. The molecule has 0 aliphatic heterocycles. The van der Waals surface area contributed by atoms with Gasteiger partial charge in [0.15, 0.2) is 17.5 Å². The highest BCUT2D eigenvalue weighted by Gasteiger charge is 2.16. The summed E-state index contributed by atoms with van der Waals surface area (Å²) in [5.41, 5.74) is 1.59. The molecule has 3 N–H and O–H groups in total. The van der Waals surface area contributed by atoms with Crippen molar-refractivity contribution in [3.63, 3.8) is 0 Å². The predicted octanol–water partition coefficient (Wildman–Crippen LogP) is 2.57. The Labute approximate surface area is 86.8 Å². The first-order valence-corrected chi connectivity index (χ1v) is 3.66. The maximum Gasteiger partial charge on any atom is 0.197 e. The van der Waals surface area contributed by atoms with Crippen LogP contribution in [0.3, 0.4) is 0 Å². The van der Waals surface area contributed by atoms with Crippen molar-refractivity contribution in [1.82, 2.24) is 0 Å². The van der Waals surface area contributed by atoms with Crippen molar-refractivity contribution >= 4 is 34.0 Å². The number of hydrogen-bond donors (Lipinski definition) is 2. The highest BCUT2D eigenvalue weighted by molar-refractivity contribution is 9.10. The lowest BCUT2D eigenvalue weighted by Crippen LogP contribution is -2.10. The molecule has 1 rings (SSSR count). The largest absolute Gasteiger partial charge is 0.321 e. The molecule has 0 unspecified atom stereocenters. The molecule has 0 aromatic heterocycles. The van der Waals surface area contributed by atoms with Crippen molar-refractivity contribution in [3.05, 3.63) is 28.0 Å². The molecule has 0 radical (unpaired) electrons. The number of rotatable bonds is 1. The summed E-state index contributed by atoms with van der Waals surface area (Å²) in [6, 6.07) is 1.01. The quantitative estimate of drug-likeness (QED) is 0.358. The maximum atomic E-state index is 12.7. The van der Waals surface area contributed by atoms with E-state index in [1.54, 1.807) is 0 Å². The minimum atomic E-state index is -1.56. The number of nitrogen functional groups attached to an aromatic ring is 1. The summed E-state index contributed by atoms with van der Waals surface area (Å²) in [6.45, 7) is 0. The Morgan fingerprint density at radius 3 is 2.15 bits per heavy atom. The van der Waals surface area contributed by atoms with Gasteiger partial charge in [0.25, 0.3) is 0 Å². The van der Waals surface area contributed by atoms with Gasteiger partial charge in [-0.2, -0.15) is 0 Å². The molecular weight excluding hydrogens is 272 g/mol. The number of nitrogens with one attached hydrogen (secondary N) is 1. The summed E-state index contributed by atoms with van der Waals surface area (Å²) in [7, 11) is 0. The summed E-state index contributed by atoms with van der Waals surface area (Å²) in [5, 5.41) is 0. The molecule has 13 heavy (non-hydrogen) atoms. The van der Waals surface area contributed by atoms with E-state index in [4.69, 9.17) is 5.84 Å². The van der Waals surface area contributed by atoms with Crippen LogP contribution in [0.1, 0.15) is 0 Å². The van der Waals surface area contributed by atoms with Crippen LogP contribution in [-0.2, 0) is 0 Å². The van der Waals surface area contributed by atoms with E-state index in [1.165, 1.54) is 0 Å². The first-order chi connectivity index (χ1) is 5.57. The number of anilines is 1. The molecule has 2 nitrogen and oxygen atoms in total.